The van der Waals surface area contributed by atoms with Crippen LogP contribution in [0, 0.1) is 0 Å². The highest BCUT2D eigenvalue weighted by Gasteiger charge is 2.41. The largest absolute Gasteiger partial charge is 0.342 e. The number of nitrogens with zero attached hydrogens (tertiary/aromatic N) is 1. The summed E-state index contributed by atoms with van der Waals surface area (Å²) in [7, 11) is -3.36. The number of hydrogen-bond acceptors (Lipinski definition) is 3. The van der Waals surface area contributed by atoms with Crippen molar-refractivity contribution in [2.75, 3.05) is 11.0 Å². The molecular weight excluding hydrogens is 418 g/mol. The molecule has 2 N–H and O–H groups in total. The minimum Gasteiger partial charge on any atom is -0.342 e. The molecular formula is C23H20ClN3O2S. The Balaban J connectivity index is 1.46. The highest BCUT2D eigenvalue weighted by molar-refractivity contribution is 7.92. The SMILES string of the molecule is CS(=O)(=O)Nc1ccccc1-c1ccc2nc(C3CC3c3cccc(Cl)c3)[nH]c2c1. The maximum Gasteiger partial charge on any atom is 0.229 e. The van der Waals surface area contributed by atoms with Crippen molar-refractivity contribution in [1.29, 1.82) is 0 Å². The van der Waals surface area contributed by atoms with E-state index in [1.165, 1.54) is 5.56 Å². The van der Waals surface area contributed by atoms with Crippen LogP contribution in [-0.2, 0) is 10.0 Å². The van der Waals surface area contributed by atoms with Gasteiger partial charge in [0.25, 0.3) is 0 Å². The normalized spacial score (nSPS) is 18.5. The van der Waals surface area contributed by atoms with Crippen LogP contribution in [0.1, 0.15) is 29.6 Å². The zero-order chi connectivity index (χ0) is 20.9. The number of aromatic nitrogens is 2. The molecule has 0 saturated heterocycles. The Morgan fingerprint density at radius 3 is 2.67 bits per heavy atom. The van der Waals surface area contributed by atoms with Crippen LogP contribution in [-0.4, -0.2) is 24.6 Å². The number of H-pyrrole nitrogens is 1. The Hall–Kier alpha value is -2.83. The molecule has 152 valence electrons. The van der Waals surface area contributed by atoms with Crippen molar-refractivity contribution in [3.63, 3.8) is 0 Å². The molecule has 0 spiro atoms. The number of hydrogen-bond donors (Lipinski definition) is 2. The Labute approximate surface area is 180 Å². The summed E-state index contributed by atoms with van der Waals surface area (Å²) in [6.07, 6.45) is 2.20. The van der Waals surface area contributed by atoms with Gasteiger partial charge >= 0.3 is 0 Å². The van der Waals surface area contributed by atoms with Gasteiger partial charge in [-0.15, -0.1) is 0 Å². The lowest BCUT2D eigenvalue weighted by molar-refractivity contribution is 0.607. The molecule has 1 heterocycles. The average Bonchev–Trinajstić information content (AvgIpc) is 3.39. The van der Waals surface area contributed by atoms with E-state index in [0.717, 1.165) is 45.7 Å². The molecule has 1 fully saturated rings. The molecule has 0 radical (unpaired) electrons. The van der Waals surface area contributed by atoms with Crippen molar-refractivity contribution in [1.82, 2.24) is 9.97 Å². The van der Waals surface area contributed by atoms with Crippen LogP contribution in [0.2, 0.25) is 5.02 Å². The van der Waals surface area contributed by atoms with Gasteiger partial charge in [-0.3, -0.25) is 4.72 Å². The molecule has 5 rings (SSSR count). The van der Waals surface area contributed by atoms with E-state index in [4.69, 9.17) is 16.6 Å². The third kappa shape index (κ3) is 3.80. The van der Waals surface area contributed by atoms with Crippen LogP contribution in [0.5, 0.6) is 0 Å². The molecule has 0 aliphatic heterocycles. The van der Waals surface area contributed by atoms with Crippen LogP contribution >= 0.6 is 11.6 Å². The van der Waals surface area contributed by atoms with Gasteiger partial charge in [0.05, 0.1) is 23.0 Å². The lowest BCUT2D eigenvalue weighted by atomic mass is 10.0. The summed E-state index contributed by atoms with van der Waals surface area (Å²) in [5.41, 5.74) is 5.39. The minimum absolute atomic E-state index is 0.360. The minimum atomic E-state index is -3.36. The molecule has 1 saturated carbocycles. The summed E-state index contributed by atoms with van der Waals surface area (Å²) < 4.78 is 26.0. The number of halogens is 1. The fourth-order valence-electron chi connectivity index (χ4n) is 4.00. The highest BCUT2D eigenvalue weighted by Crippen LogP contribution is 2.54. The fourth-order valence-corrected chi connectivity index (χ4v) is 4.78. The number of rotatable bonds is 5. The van der Waals surface area contributed by atoms with Crippen molar-refractivity contribution in [3.8, 4) is 11.1 Å². The number of benzene rings is 3. The molecule has 2 atom stereocenters. The van der Waals surface area contributed by atoms with Crippen molar-refractivity contribution in [3.05, 3.63) is 83.1 Å². The molecule has 0 bridgehead atoms. The van der Waals surface area contributed by atoms with E-state index in [0.29, 0.717) is 17.5 Å². The number of para-hydroxylation sites is 1. The van der Waals surface area contributed by atoms with Crippen molar-refractivity contribution in [2.45, 2.75) is 18.3 Å². The summed E-state index contributed by atoms with van der Waals surface area (Å²) in [6.45, 7) is 0. The van der Waals surface area contributed by atoms with Gasteiger partial charge in [0.2, 0.25) is 10.0 Å². The van der Waals surface area contributed by atoms with Crippen LogP contribution in [0.15, 0.2) is 66.7 Å². The quantitative estimate of drug-likeness (QED) is 0.431. The van der Waals surface area contributed by atoms with Crippen molar-refractivity contribution < 1.29 is 8.42 Å². The third-order valence-electron chi connectivity index (χ3n) is 5.45. The van der Waals surface area contributed by atoms with Crippen LogP contribution in [0.3, 0.4) is 0 Å². The smallest absolute Gasteiger partial charge is 0.229 e. The lowest BCUT2D eigenvalue weighted by Crippen LogP contribution is -2.10. The van der Waals surface area contributed by atoms with E-state index >= 15 is 0 Å². The number of sulfonamides is 1. The van der Waals surface area contributed by atoms with Crippen LogP contribution < -0.4 is 4.72 Å². The monoisotopic (exact) mass is 437 g/mol. The molecule has 5 nitrogen and oxygen atoms in total. The van der Waals surface area contributed by atoms with Gasteiger partial charge in [-0.1, -0.05) is 48.0 Å². The van der Waals surface area contributed by atoms with E-state index in [1.807, 2.05) is 54.6 Å². The number of anilines is 1. The lowest BCUT2D eigenvalue weighted by Gasteiger charge is -2.10. The number of fused-ring (bicyclic) bond motifs is 1. The molecule has 3 aromatic carbocycles. The maximum atomic E-state index is 11.7. The second-order valence-corrected chi connectivity index (χ2v) is 9.96. The summed E-state index contributed by atoms with van der Waals surface area (Å²) in [4.78, 5) is 8.26. The molecule has 1 aliphatic rings. The van der Waals surface area contributed by atoms with E-state index in [2.05, 4.69) is 15.8 Å². The van der Waals surface area contributed by atoms with Gasteiger partial charge in [0, 0.05) is 16.5 Å². The third-order valence-corrected chi connectivity index (χ3v) is 6.28. The predicted octanol–water partition coefficient (Wildman–Crippen LogP) is 5.53. The first-order valence-corrected chi connectivity index (χ1v) is 12.0. The van der Waals surface area contributed by atoms with Gasteiger partial charge < -0.3 is 4.98 Å². The highest BCUT2D eigenvalue weighted by atomic mass is 35.5. The second-order valence-electron chi connectivity index (χ2n) is 7.78. The zero-order valence-electron chi connectivity index (χ0n) is 16.3. The van der Waals surface area contributed by atoms with E-state index < -0.39 is 10.0 Å². The van der Waals surface area contributed by atoms with E-state index in [9.17, 15) is 8.42 Å². The van der Waals surface area contributed by atoms with E-state index in [1.54, 1.807) is 6.07 Å². The molecule has 2 unspecified atom stereocenters. The first-order chi connectivity index (χ1) is 14.4. The molecule has 4 aromatic rings. The fraction of sp³-hybridized carbons (Fsp3) is 0.174. The van der Waals surface area contributed by atoms with Crippen LogP contribution in [0.25, 0.3) is 22.2 Å². The van der Waals surface area contributed by atoms with E-state index in [-0.39, 0.29) is 0 Å². The molecule has 7 heteroatoms. The number of nitrogens with one attached hydrogen (secondary N) is 2. The zero-order valence-corrected chi connectivity index (χ0v) is 17.8. The van der Waals surface area contributed by atoms with Crippen LogP contribution in [0.4, 0.5) is 5.69 Å². The molecule has 30 heavy (non-hydrogen) atoms. The average molecular weight is 438 g/mol. The predicted molar refractivity (Wildman–Crippen MR) is 122 cm³/mol. The summed E-state index contributed by atoms with van der Waals surface area (Å²) in [5.74, 6) is 1.77. The summed E-state index contributed by atoms with van der Waals surface area (Å²) in [5, 5.41) is 0.758. The molecule has 0 amide bonds. The van der Waals surface area contributed by atoms with Gasteiger partial charge in [0.1, 0.15) is 5.82 Å². The second kappa shape index (κ2) is 7.15. The molecule has 1 aliphatic carbocycles. The standard InChI is InChI=1S/C23H20ClN3O2S/c1-30(28,29)27-20-8-3-2-7-17(20)15-9-10-21-22(12-15)26-23(25-21)19-13-18(19)14-5-4-6-16(24)11-14/h2-12,18-19,27H,13H2,1H3,(H,25,26). The Morgan fingerprint density at radius 2 is 1.87 bits per heavy atom. The van der Waals surface area contributed by atoms with Crippen molar-refractivity contribution in [2.24, 2.45) is 0 Å². The first kappa shape index (κ1) is 19.2. The van der Waals surface area contributed by atoms with Crippen molar-refractivity contribution >= 4 is 38.3 Å². The number of aromatic amines is 1. The van der Waals surface area contributed by atoms with Gasteiger partial charge in [-0.2, -0.15) is 0 Å². The Morgan fingerprint density at radius 1 is 1.03 bits per heavy atom. The molecule has 1 aromatic heterocycles. The van der Waals surface area contributed by atoms with Gasteiger partial charge in [-0.25, -0.2) is 13.4 Å². The summed E-state index contributed by atoms with van der Waals surface area (Å²) >= 11 is 6.14. The maximum absolute atomic E-state index is 11.7. The Kier molecular flexibility index (Phi) is 4.56. The Bertz CT molecular complexity index is 1360. The van der Waals surface area contributed by atoms with Gasteiger partial charge in [-0.05, 0) is 53.8 Å². The summed E-state index contributed by atoms with van der Waals surface area (Å²) in [6, 6.07) is 21.4. The topological polar surface area (TPSA) is 74.8 Å². The number of imidazole rings is 1. The first-order valence-electron chi connectivity index (χ1n) is 9.70. The van der Waals surface area contributed by atoms with Gasteiger partial charge in [0.15, 0.2) is 0 Å².